The first-order chi connectivity index (χ1) is 16.4. The van der Waals surface area contributed by atoms with E-state index in [-0.39, 0.29) is 5.41 Å². The molecule has 0 fully saturated rings. The lowest BCUT2D eigenvalue weighted by atomic mass is 9.94. The summed E-state index contributed by atoms with van der Waals surface area (Å²) in [6.07, 6.45) is 0. The molecule has 0 atom stereocenters. The molecule has 0 radical (unpaired) electrons. The first-order valence-corrected chi connectivity index (χ1v) is 11.2. The summed E-state index contributed by atoms with van der Waals surface area (Å²) in [5.41, 5.74) is 2.09. The zero-order valence-corrected chi connectivity index (χ0v) is 19.2. The van der Waals surface area contributed by atoms with Crippen LogP contribution in [-0.2, 0) is 5.41 Å². The molecule has 0 bridgehead atoms. The predicted molar refractivity (Wildman–Crippen MR) is 136 cm³/mol. The Balaban J connectivity index is 1.60. The molecule has 5 heteroatoms. The number of aromatic nitrogens is 2. The molecule has 0 saturated carbocycles. The molecule has 164 valence electrons. The lowest BCUT2D eigenvalue weighted by molar-refractivity contribution is 0.397. The van der Waals surface area contributed by atoms with Gasteiger partial charge in [-0.05, 0) is 68.7 Å². The molecule has 0 aliphatic heterocycles. The van der Waals surface area contributed by atoms with Crippen LogP contribution >= 0.6 is 0 Å². The molecular formula is C29H22N4O. The topological polar surface area (TPSA) is 66.0 Å². The lowest BCUT2D eigenvalue weighted by Crippen LogP contribution is -2.12. The van der Waals surface area contributed by atoms with Crippen LogP contribution in [0.1, 0.15) is 32.2 Å². The third kappa shape index (κ3) is 3.15. The van der Waals surface area contributed by atoms with Gasteiger partial charge in [-0.25, -0.2) is 0 Å². The zero-order chi connectivity index (χ0) is 23.4. The van der Waals surface area contributed by atoms with Gasteiger partial charge in [-0.2, -0.15) is 5.26 Å². The van der Waals surface area contributed by atoms with E-state index in [1.807, 2.05) is 37.8 Å². The Labute approximate surface area is 197 Å². The number of anilines is 3. The van der Waals surface area contributed by atoms with Crippen molar-refractivity contribution in [2.45, 2.75) is 26.2 Å². The van der Waals surface area contributed by atoms with Gasteiger partial charge in [-0.3, -0.25) is 4.90 Å². The van der Waals surface area contributed by atoms with Crippen LogP contribution in [0.3, 0.4) is 0 Å². The van der Waals surface area contributed by atoms with Crippen LogP contribution in [0.5, 0.6) is 0 Å². The summed E-state index contributed by atoms with van der Waals surface area (Å²) in [5.74, 6) is 0.568. The van der Waals surface area contributed by atoms with Crippen molar-refractivity contribution in [1.29, 1.82) is 5.26 Å². The van der Waals surface area contributed by atoms with Crippen LogP contribution < -0.4 is 4.90 Å². The molecule has 0 amide bonds. The quantitative estimate of drug-likeness (QED) is 0.264. The molecule has 0 aliphatic rings. The van der Waals surface area contributed by atoms with E-state index in [1.165, 1.54) is 21.5 Å². The Morgan fingerprint density at radius 1 is 0.735 bits per heavy atom. The molecule has 0 unspecified atom stereocenters. The summed E-state index contributed by atoms with van der Waals surface area (Å²) >= 11 is 0. The van der Waals surface area contributed by atoms with Crippen molar-refractivity contribution in [3.05, 3.63) is 90.3 Å². The number of hydrogen-bond acceptors (Lipinski definition) is 5. The van der Waals surface area contributed by atoms with Gasteiger partial charge in [0.1, 0.15) is 0 Å². The van der Waals surface area contributed by atoms with Crippen molar-refractivity contribution in [2.24, 2.45) is 0 Å². The summed E-state index contributed by atoms with van der Waals surface area (Å²) in [6, 6.07) is 29.4. The standard InChI is InChI=1S/C29H22N4O/c1-29(2,3)27-31-32-28(34-27)33(23-13-7-18(17-30)8-14-23)24-15-21-11-9-19-5-4-6-20-10-12-22(16-24)26(21)25(19)20/h4-16H,1-3H3. The van der Waals surface area contributed by atoms with E-state index in [4.69, 9.17) is 4.42 Å². The largest absolute Gasteiger partial charge is 0.407 e. The molecule has 6 rings (SSSR count). The Hall–Kier alpha value is -4.43. The first-order valence-electron chi connectivity index (χ1n) is 11.2. The normalized spacial score (nSPS) is 11.9. The second kappa shape index (κ2) is 7.29. The molecule has 0 spiro atoms. The van der Waals surface area contributed by atoms with Crippen LogP contribution in [0, 0.1) is 11.3 Å². The van der Waals surface area contributed by atoms with E-state index < -0.39 is 0 Å². The molecular weight excluding hydrogens is 420 g/mol. The minimum Gasteiger partial charge on any atom is -0.407 e. The van der Waals surface area contributed by atoms with Gasteiger partial charge < -0.3 is 4.42 Å². The first kappa shape index (κ1) is 20.2. The van der Waals surface area contributed by atoms with Crippen molar-refractivity contribution < 1.29 is 4.42 Å². The number of nitrogens with zero attached hydrogens (tertiary/aromatic N) is 4. The third-order valence-corrected chi connectivity index (χ3v) is 6.21. The minimum absolute atomic E-state index is 0.269. The fourth-order valence-corrected chi connectivity index (χ4v) is 4.53. The van der Waals surface area contributed by atoms with Gasteiger partial charge in [0.05, 0.1) is 23.0 Å². The monoisotopic (exact) mass is 442 g/mol. The summed E-state index contributed by atoms with van der Waals surface area (Å²) in [6.45, 7) is 6.14. The number of hydrogen-bond donors (Lipinski definition) is 0. The molecule has 5 nitrogen and oxygen atoms in total. The Bertz CT molecular complexity index is 1640. The highest BCUT2D eigenvalue weighted by molar-refractivity contribution is 6.23. The van der Waals surface area contributed by atoms with E-state index in [0.717, 1.165) is 22.1 Å². The van der Waals surface area contributed by atoms with Crippen molar-refractivity contribution in [2.75, 3.05) is 4.90 Å². The van der Waals surface area contributed by atoms with Crippen molar-refractivity contribution in [3.8, 4) is 6.07 Å². The third-order valence-electron chi connectivity index (χ3n) is 6.21. The smallest absolute Gasteiger partial charge is 0.327 e. The fourth-order valence-electron chi connectivity index (χ4n) is 4.53. The predicted octanol–water partition coefficient (Wildman–Crippen LogP) is 7.61. The van der Waals surface area contributed by atoms with Crippen molar-refractivity contribution >= 4 is 49.7 Å². The molecule has 6 aromatic rings. The number of benzene rings is 5. The highest BCUT2D eigenvalue weighted by atomic mass is 16.4. The molecule has 1 heterocycles. The second-order valence-electron chi connectivity index (χ2n) is 9.61. The number of nitriles is 1. The Morgan fingerprint density at radius 3 is 1.88 bits per heavy atom. The van der Waals surface area contributed by atoms with E-state index >= 15 is 0 Å². The van der Waals surface area contributed by atoms with Crippen LogP contribution in [0.15, 0.2) is 83.3 Å². The molecule has 5 aromatic carbocycles. The Morgan fingerprint density at radius 2 is 1.32 bits per heavy atom. The van der Waals surface area contributed by atoms with Gasteiger partial charge in [-0.1, -0.05) is 68.3 Å². The summed E-state index contributed by atoms with van der Waals surface area (Å²) in [4.78, 5) is 1.96. The van der Waals surface area contributed by atoms with Gasteiger partial charge in [0, 0.05) is 5.41 Å². The van der Waals surface area contributed by atoms with E-state index in [2.05, 4.69) is 70.9 Å². The van der Waals surface area contributed by atoms with Crippen LogP contribution in [0.2, 0.25) is 0 Å². The average Bonchev–Trinajstić information content (AvgIpc) is 3.33. The molecule has 1 aromatic heterocycles. The Kier molecular flexibility index (Phi) is 4.33. The summed E-state index contributed by atoms with van der Waals surface area (Å²) in [5, 5.41) is 25.3. The van der Waals surface area contributed by atoms with Gasteiger partial charge in [0.25, 0.3) is 0 Å². The highest BCUT2D eigenvalue weighted by Gasteiger charge is 2.26. The van der Waals surface area contributed by atoms with Crippen LogP contribution in [0.4, 0.5) is 17.4 Å². The minimum atomic E-state index is -0.269. The molecule has 0 aliphatic carbocycles. The van der Waals surface area contributed by atoms with Crippen LogP contribution in [0.25, 0.3) is 32.3 Å². The zero-order valence-electron chi connectivity index (χ0n) is 19.2. The van der Waals surface area contributed by atoms with E-state index in [1.54, 1.807) is 12.1 Å². The van der Waals surface area contributed by atoms with Gasteiger partial charge >= 0.3 is 6.01 Å². The number of rotatable bonds is 3. The highest BCUT2D eigenvalue weighted by Crippen LogP contribution is 2.41. The maximum Gasteiger partial charge on any atom is 0.327 e. The van der Waals surface area contributed by atoms with Gasteiger partial charge in [0.15, 0.2) is 0 Å². The van der Waals surface area contributed by atoms with Crippen molar-refractivity contribution in [3.63, 3.8) is 0 Å². The molecule has 0 N–H and O–H groups in total. The SMILES string of the molecule is CC(C)(C)c1nnc(N(c2ccc(C#N)cc2)c2cc3ccc4cccc5ccc(c2)c3c45)o1. The van der Waals surface area contributed by atoms with Crippen molar-refractivity contribution in [1.82, 2.24) is 10.2 Å². The second-order valence-corrected chi connectivity index (χ2v) is 9.61. The van der Waals surface area contributed by atoms with E-state index in [0.29, 0.717) is 17.5 Å². The maximum atomic E-state index is 9.26. The fraction of sp³-hybridized carbons (Fsp3) is 0.138. The van der Waals surface area contributed by atoms with Gasteiger partial charge in [-0.15, -0.1) is 5.10 Å². The molecule has 0 saturated heterocycles. The average molecular weight is 443 g/mol. The van der Waals surface area contributed by atoms with E-state index in [9.17, 15) is 5.26 Å². The molecule has 34 heavy (non-hydrogen) atoms. The van der Waals surface area contributed by atoms with Crippen LogP contribution in [-0.4, -0.2) is 10.2 Å². The summed E-state index contributed by atoms with van der Waals surface area (Å²) < 4.78 is 6.16. The summed E-state index contributed by atoms with van der Waals surface area (Å²) in [7, 11) is 0. The lowest BCUT2D eigenvalue weighted by Gasteiger charge is -2.22. The maximum absolute atomic E-state index is 9.26. The van der Waals surface area contributed by atoms with Gasteiger partial charge in [0.2, 0.25) is 5.89 Å².